The van der Waals surface area contributed by atoms with E-state index in [9.17, 15) is 15.2 Å². The molecule has 31 heavy (non-hydrogen) atoms. The second kappa shape index (κ2) is 7.24. The number of carbonyl (C=O) groups is 1. The molecule has 0 spiro atoms. The summed E-state index contributed by atoms with van der Waals surface area (Å²) in [5, 5.41) is 22.6. The molecule has 1 saturated carbocycles. The molecule has 0 amide bonds. The van der Waals surface area contributed by atoms with E-state index in [1.165, 1.54) is 0 Å². The van der Waals surface area contributed by atoms with Gasteiger partial charge in [-0.05, 0) is 56.4 Å². The SMILES string of the molecule is Cc1cc([C@@H](C)Nc2ccccc2C(=O)O)c2nc(N3CC4CC3C4)c(C#N)nc2c1. The lowest BCUT2D eigenvalue weighted by Crippen LogP contribution is -2.30. The number of nitrogens with one attached hydrogen (secondary N) is 1. The van der Waals surface area contributed by atoms with Crippen molar-refractivity contribution in [1.29, 1.82) is 5.26 Å². The zero-order valence-corrected chi connectivity index (χ0v) is 17.5. The maximum atomic E-state index is 11.6. The molecule has 2 N–H and O–H groups in total. The standard InChI is InChI=1S/C24H23N5O2/c1-13-7-18(14(2)26-19-6-4-3-5-17(19)24(30)31)22-20(8-13)27-21(11-25)23(28-22)29-12-15-9-16(29)10-15/h3-8,14-16,26H,9-10,12H2,1-2H3,(H,30,31)/t14-,15?,16?/m1/s1. The van der Waals surface area contributed by atoms with Gasteiger partial charge in [-0.15, -0.1) is 0 Å². The molecule has 3 heterocycles. The first-order chi connectivity index (χ1) is 14.9. The third-order valence-corrected chi connectivity index (χ3v) is 6.41. The van der Waals surface area contributed by atoms with Gasteiger partial charge in [-0.1, -0.05) is 18.2 Å². The molecule has 7 heteroatoms. The highest BCUT2D eigenvalue weighted by Gasteiger charge is 2.44. The average molecular weight is 413 g/mol. The van der Waals surface area contributed by atoms with Gasteiger partial charge in [-0.3, -0.25) is 0 Å². The number of carboxylic acid groups (broad SMARTS) is 1. The van der Waals surface area contributed by atoms with Crippen LogP contribution in [-0.4, -0.2) is 33.6 Å². The number of aromatic nitrogens is 2. The van der Waals surface area contributed by atoms with E-state index in [-0.39, 0.29) is 11.6 Å². The summed E-state index contributed by atoms with van der Waals surface area (Å²) < 4.78 is 0. The average Bonchev–Trinajstić information content (AvgIpc) is 3.33. The van der Waals surface area contributed by atoms with Gasteiger partial charge in [0.1, 0.15) is 6.07 Å². The molecule has 3 aromatic rings. The van der Waals surface area contributed by atoms with Crippen LogP contribution >= 0.6 is 0 Å². The number of hydrogen-bond acceptors (Lipinski definition) is 6. The molecule has 1 atom stereocenters. The number of aromatic carboxylic acids is 1. The first-order valence-corrected chi connectivity index (χ1v) is 10.5. The Bertz CT molecular complexity index is 1240. The maximum Gasteiger partial charge on any atom is 0.337 e. The Kier molecular flexibility index (Phi) is 4.51. The van der Waals surface area contributed by atoms with Crippen molar-refractivity contribution in [2.24, 2.45) is 5.92 Å². The van der Waals surface area contributed by atoms with Crippen LogP contribution in [0.5, 0.6) is 0 Å². The van der Waals surface area contributed by atoms with Crippen LogP contribution in [-0.2, 0) is 0 Å². The molecular weight excluding hydrogens is 390 g/mol. The first-order valence-electron chi connectivity index (χ1n) is 10.5. The fourth-order valence-corrected chi connectivity index (χ4v) is 4.83. The Hall–Kier alpha value is -3.66. The van der Waals surface area contributed by atoms with Crippen LogP contribution in [0.25, 0.3) is 11.0 Å². The predicted molar refractivity (Wildman–Crippen MR) is 118 cm³/mol. The highest BCUT2D eigenvalue weighted by molar-refractivity contribution is 5.94. The summed E-state index contributed by atoms with van der Waals surface area (Å²) in [5.41, 5.74) is 4.52. The molecule has 2 aromatic carbocycles. The third-order valence-electron chi connectivity index (χ3n) is 6.41. The largest absolute Gasteiger partial charge is 0.478 e. The number of para-hydroxylation sites is 1. The lowest BCUT2D eigenvalue weighted by molar-refractivity contribution is 0.0698. The quantitative estimate of drug-likeness (QED) is 0.643. The van der Waals surface area contributed by atoms with Crippen molar-refractivity contribution in [1.82, 2.24) is 9.97 Å². The van der Waals surface area contributed by atoms with Crippen LogP contribution in [0.2, 0.25) is 0 Å². The molecule has 2 bridgehead atoms. The molecule has 0 unspecified atom stereocenters. The van der Waals surface area contributed by atoms with Crippen LogP contribution in [0.1, 0.15) is 53.0 Å². The van der Waals surface area contributed by atoms with Crippen LogP contribution < -0.4 is 10.2 Å². The minimum absolute atomic E-state index is 0.203. The number of fused-ring (bicyclic) bond motifs is 2. The molecule has 1 aliphatic carbocycles. The van der Waals surface area contributed by atoms with Gasteiger partial charge in [0.25, 0.3) is 0 Å². The number of nitrogens with zero attached hydrogens (tertiary/aromatic N) is 4. The summed E-state index contributed by atoms with van der Waals surface area (Å²) in [5.74, 6) is 0.390. The molecule has 3 fully saturated rings. The summed E-state index contributed by atoms with van der Waals surface area (Å²) in [6.45, 7) is 4.90. The predicted octanol–water partition coefficient (Wildman–Crippen LogP) is 4.28. The molecule has 0 radical (unpaired) electrons. The van der Waals surface area contributed by atoms with Crippen molar-refractivity contribution in [3.8, 4) is 6.07 Å². The van der Waals surface area contributed by atoms with Gasteiger partial charge in [0.15, 0.2) is 11.5 Å². The number of aryl methyl sites for hydroxylation is 1. The Balaban J connectivity index is 1.60. The highest BCUT2D eigenvalue weighted by Crippen LogP contribution is 2.43. The molecule has 2 saturated heterocycles. The number of carboxylic acids is 1. The summed E-state index contributed by atoms with van der Waals surface area (Å²) in [4.78, 5) is 23.4. The minimum Gasteiger partial charge on any atom is -0.478 e. The summed E-state index contributed by atoms with van der Waals surface area (Å²) in [7, 11) is 0. The number of anilines is 2. The topological polar surface area (TPSA) is 102 Å². The third kappa shape index (κ3) is 3.25. The van der Waals surface area contributed by atoms with E-state index < -0.39 is 5.97 Å². The molecule has 6 rings (SSSR count). The van der Waals surface area contributed by atoms with Crippen molar-refractivity contribution in [3.05, 3.63) is 58.8 Å². The Labute approximate surface area is 180 Å². The van der Waals surface area contributed by atoms with E-state index in [4.69, 9.17) is 4.98 Å². The fourth-order valence-electron chi connectivity index (χ4n) is 4.83. The van der Waals surface area contributed by atoms with Crippen molar-refractivity contribution < 1.29 is 9.90 Å². The number of benzene rings is 2. The molecule has 156 valence electrons. The summed E-state index contributed by atoms with van der Waals surface area (Å²) >= 11 is 0. The zero-order valence-electron chi connectivity index (χ0n) is 17.5. The van der Waals surface area contributed by atoms with E-state index >= 15 is 0 Å². The van der Waals surface area contributed by atoms with Crippen molar-refractivity contribution >= 4 is 28.5 Å². The van der Waals surface area contributed by atoms with Crippen LogP contribution in [0.4, 0.5) is 11.5 Å². The highest BCUT2D eigenvalue weighted by atomic mass is 16.4. The van der Waals surface area contributed by atoms with Gasteiger partial charge in [-0.2, -0.15) is 5.26 Å². The molecule has 3 aliphatic rings. The first kappa shape index (κ1) is 19.3. The van der Waals surface area contributed by atoms with Gasteiger partial charge in [0, 0.05) is 23.8 Å². The van der Waals surface area contributed by atoms with Gasteiger partial charge in [0.2, 0.25) is 0 Å². The smallest absolute Gasteiger partial charge is 0.337 e. The zero-order chi connectivity index (χ0) is 21.7. The Morgan fingerprint density at radius 1 is 1.29 bits per heavy atom. The normalized spacial score (nSPS) is 20.2. The van der Waals surface area contributed by atoms with E-state index in [2.05, 4.69) is 27.3 Å². The molecule has 2 aliphatic heterocycles. The van der Waals surface area contributed by atoms with Gasteiger partial charge in [-0.25, -0.2) is 14.8 Å². The minimum atomic E-state index is -0.974. The van der Waals surface area contributed by atoms with E-state index in [0.29, 0.717) is 34.7 Å². The molecule has 1 aromatic heterocycles. The summed E-state index contributed by atoms with van der Waals surface area (Å²) in [6.07, 6.45) is 2.32. The van der Waals surface area contributed by atoms with E-state index in [1.54, 1.807) is 18.2 Å². The summed E-state index contributed by atoms with van der Waals surface area (Å²) in [6, 6.07) is 13.4. The van der Waals surface area contributed by atoms with Gasteiger partial charge in [0.05, 0.1) is 22.6 Å². The molecule has 7 nitrogen and oxygen atoms in total. The van der Waals surface area contributed by atoms with Crippen molar-refractivity contribution in [3.63, 3.8) is 0 Å². The lowest BCUT2D eigenvalue weighted by Gasteiger charge is -2.27. The van der Waals surface area contributed by atoms with Gasteiger partial charge < -0.3 is 15.3 Å². The Morgan fingerprint density at radius 2 is 2.06 bits per heavy atom. The fraction of sp³-hybridized carbons (Fsp3) is 0.333. The molecular formula is C24H23N5O2. The van der Waals surface area contributed by atoms with E-state index in [0.717, 1.165) is 36.0 Å². The van der Waals surface area contributed by atoms with Crippen LogP contribution in [0, 0.1) is 24.2 Å². The van der Waals surface area contributed by atoms with Crippen LogP contribution in [0.3, 0.4) is 0 Å². The van der Waals surface area contributed by atoms with Crippen molar-refractivity contribution in [2.75, 3.05) is 16.8 Å². The second-order valence-corrected chi connectivity index (χ2v) is 8.59. The van der Waals surface area contributed by atoms with E-state index in [1.807, 2.05) is 26.0 Å². The van der Waals surface area contributed by atoms with Crippen molar-refractivity contribution in [2.45, 2.75) is 38.8 Å². The lowest BCUT2D eigenvalue weighted by atomic mass is 9.86. The number of nitriles is 1. The second-order valence-electron chi connectivity index (χ2n) is 8.59. The number of rotatable bonds is 5. The Morgan fingerprint density at radius 3 is 2.74 bits per heavy atom. The van der Waals surface area contributed by atoms with Gasteiger partial charge >= 0.3 is 5.97 Å². The van der Waals surface area contributed by atoms with Crippen LogP contribution in [0.15, 0.2) is 36.4 Å². The maximum absolute atomic E-state index is 11.6. The monoisotopic (exact) mass is 413 g/mol. The number of hydrogen-bond donors (Lipinski definition) is 2.